The maximum Gasteiger partial charge on any atom is 0.192 e. The van der Waals surface area contributed by atoms with Gasteiger partial charge in [0.15, 0.2) is 20.4 Å². The predicted molar refractivity (Wildman–Crippen MR) is 81.7 cm³/mol. The van der Waals surface area contributed by atoms with E-state index in [1.54, 1.807) is 0 Å². The Balaban J connectivity index is 2.03. The highest BCUT2D eigenvalue weighted by Gasteiger charge is 2.55. The Bertz CT molecular complexity index is 401. The van der Waals surface area contributed by atoms with Crippen molar-refractivity contribution in [3.05, 3.63) is 0 Å². The molecule has 6 heteroatoms. The SMILES string of the molecule is CC1(C)O[C@@H]2[C@H](O1)[C@@H](CO[Si](C)(C)C(C)(C)C)O[C@@H]2C=O. The van der Waals surface area contributed by atoms with E-state index in [1.165, 1.54) is 0 Å². The molecule has 2 heterocycles. The number of rotatable bonds is 4. The van der Waals surface area contributed by atoms with Gasteiger partial charge in [0.05, 0.1) is 6.61 Å². The molecular formula is C15H28O5Si. The Morgan fingerprint density at radius 2 is 1.76 bits per heavy atom. The van der Waals surface area contributed by atoms with Crippen LogP contribution in [0.15, 0.2) is 0 Å². The van der Waals surface area contributed by atoms with Crippen LogP contribution in [-0.4, -0.2) is 51.4 Å². The van der Waals surface area contributed by atoms with Gasteiger partial charge in [-0.15, -0.1) is 0 Å². The van der Waals surface area contributed by atoms with Crippen LogP contribution in [0.25, 0.3) is 0 Å². The molecule has 0 radical (unpaired) electrons. The second kappa shape index (κ2) is 5.42. The zero-order chi connectivity index (χ0) is 16.1. The molecule has 21 heavy (non-hydrogen) atoms. The second-order valence-electron chi connectivity index (χ2n) is 7.91. The fourth-order valence-electron chi connectivity index (χ4n) is 2.47. The lowest BCUT2D eigenvalue weighted by Gasteiger charge is -2.37. The first kappa shape index (κ1) is 17.1. The molecule has 2 aliphatic rings. The average Bonchev–Trinajstić information content (AvgIpc) is 2.78. The topological polar surface area (TPSA) is 54.0 Å². The second-order valence-corrected chi connectivity index (χ2v) is 12.7. The molecule has 122 valence electrons. The minimum absolute atomic E-state index is 0.140. The van der Waals surface area contributed by atoms with Gasteiger partial charge in [0.2, 0.25) is 0 Å². The smallest absolute Gasteiger partial charge is 0.192 e. The van der Waals surface area contributed by atoms with Crippen LogP contribution in [0, 0.1) is 0 Å². The highest BCUT2D eigenvalue weighted by molar-refractivity contribution is 6.74. The van der Waals surface area contributed by atoms with Gasteiger partial charge in [-0.2, -0.15) is 0 Å². The van der Waals surface area contributed by atoms with E-state index in [0.29, 0.717) is 6.61 Å². The number of carbonyl (C=O) groups is 1. The Labute approximate surface area is 128 Å². The van der Waals surface area contributed by atoms with Crippen LogP contribution in [0.3, 0.4) is 0 Å². The fraction of sp³-hybridized carbons (Fsp3) is 0.933. The van der Waals surface area contributed by atoms with E-state index in [9.17, 15) is 4.79 Å². The quantitative estimate of drug-likeness (QED) is 0.589. The summed E-state index contributed by atoms with van der Waals surface area (Å²) in [4.78, 5) is 11.2. The summed E-state index contributed by atoms with van der Waals surface area (Å²) in [5.74, 6) is -0.671. The molecule has 0 aliphatic carbocycles. The molecule has 0 saturated carbocycles. The van der Waals surface area contributed by atoms with E-state index in [1.807, 2.05) is 13.8 Å². The average molecular weight is 316 g/mol. The normalized spacial score (nSPS) is 35.8. The number of fused-ring (bicyclic) bond motifs is 1. The Morgan fingerprint density at radius 1 is 1.19 bits per heavy atom. The summed E-state index contributed by atoms with van der Waals surface area (Å²) in [6, 6.07) is 0. The van der Waals surface area contributed by atoms with Crippen molar-refractivity contribution in [1.29, 1.82) is 0 Å². The van der Waals surface area contributed by atoms with Crippen LogP contribution in [0.1, 0.15) is 34.6 Å². The molecule has 2 aliphatic heterocycles. The molecule has 0 unspecified atom stereocenters. The molecule has 0 bridgehead atoms. The molecule has 2 fully saturated rings. The van der Waals surface area contributed by atoms with Crippen LogP contribution in [0.5, 0.6) is 0 Å². The summed E-state index contributed by atoms with van der Waals surface area (Å²) in [5.41, 5.74) is 0. The van der Waals surface area contributed by atoms with Crippen molar-refractivity contribution in [1.82, 2.24) is 0 Å². The lowest BCUT2D eigenvalue weighted by Crippen LogP contribution is -2.44. The van der Waals surface area contributed by atoms with Crippen LogP contribution < -0.4 is 0 Å². The number of aldehydes is 1. The van der Waals surface area contributed by atoms with Crippen molar-refractivity contribution in [2.24, 2.45) is 0 Å². The van der Waals surface area contributed by atoms with E-state index >= 15 is 0 Å². The number of hydrogen-bond donors (Lipinski definition) is 0. The minimum Gasteiger partial charge on any atom is -0.414 e. The maximum absolute atomic E-state index is 11.2. The first-order chi connectivity index (χ1) is 9.47. The van der Waals surface area contributed by atoms with Crippen molar-refractivity contribution >= 4 is 14.6 Å². The molecule has 2 saturated heterocycles. The highest BCUT2D eigenvalue weighted by atomic mass is 28.4. The van der Waals surface area contributed by atoms with Crippen LogP contribution in [0.2, 0.25) is 18.1 Å². The van der Waals surface area contributed by atoms with Crippen molar-refractivity contribution < 1.29 is 23.4 Å². The van der Waals surface area contributed by atoms with Gasteiger partial charge in [-0.25, -0.2) is 0 Å². The molecule has 0 aromatic carbocycles. The first-order valence-electron chi connectivity index (χ1n) is 7.57. The van der Waals surface area contributed by atoms with E-state index < -0.39 is 20.2 Å². The molecule has 0 amide bonds. The van der Waals surface area contributed by atoms with E-state index in [4.69, 9.17) is 18.6 Å². The Morgan fingerprint density at radius 3 is 2.29 bits per heavy atom. The summed E-state index contributed by atoms with van der Waals surface area (Å²) in [5, 5.41) is 0.140. The number of hydrogen-bond acceptors (Lipinski definition) is 5. The standard InChI is InChI=1S/C15H28O5Si/c1-14(2,3)21(6,7)17-9-11-13-12(10(8-16)18-11)19-15(4,5)20-13/h8,10-13H,9H2,1-7H3/t10-,11-,12+,13-/m1/s1. The van der Waals surface area contributed by atoms with Crippen LogP contribution >= 0.6 is 0 Å². The Kier molecular flexibility index (Phi) is 4.41. The molecule has 5 nitrogen and oxygen atoms in total. The zero-order valence-electron chi connectivity index (χ0n) is 14.1. The largest absolute Gasteiger partial charge is 0.414 e. The first-order valence-corrected chi connectivity index (χ1v) is 10.5. The Hall–Kier alpha value is -0.273. The number of carbonyl (C=O) groups excluding carboxylic acids is 1. The summed E-state index contributed by atoms with van der Waals surface area (Å²) in [6.45, 7) is 15.2. The van der Waals surface area contributed by atoms with E-state index in [2.05, 4.69) is 33.9 Å². The third kappa shape index (κ3) is 3.40. The summed E-state index contributed by atoms with van der Waals surface area (Å²) in [6.07, 6.45) is -0.578. The molecule has 0 aromatic heterocycles. The molecule has 0 spiro atoms. The molecule has 0 aromatic rings. The monoisotopic (exact) mass is 316 g/mol. The van der Waals surface area contributed by atoms with Crippen molar-refractivity contribution in [3.63, 3.8) is 0 Å². The van der Waals surface area contributed by atoms with E-state index in [0.717, 1.165) is 6.29 Å². The predicted octanol–water partition coefficient (Wildman–Crippen LogP) is 2.49. The van der Waals surface area contributed by atoms with Gasteiger partial charge in [-0.3, -0.25) is 0 Å². The van der Waals surface area contributed by atoms with Gasteiger partial charge in [-0.1, -0.05) is 20.8 Å². The van der Waals surface area contributed by atoms with Gasteiger partial charge in [-0.05, 0) is 32.0 Å². The van der Waals surface area contributed by atoms with Crippen LogP contribution in [0.4, 0.5) is 0 Å². The van der Waals surface area contributed by atoms with Crippen molar-refractivity contribution in [3.8, 4) is 0 Å². The van der Waals surface area contributed by atoms with Gasteiger partial charge in [0, 0.05) is 0 Å². The lowest BCUT2D eigenvalue weighted by atomic mass is 10.1. The van der Waals surface area contributed by atoms with Crippen molar-refractivity contribution in [2.75, 3.05) is 6.61 Å². The number of ether oxygens (including phenoxy) is 3. The minimum atomic E-state index is -1.85. The van der Waals surface area contributed by atoms with Gasteiger partial charge < -0.3 is 23.4 Å². The fourth-order valence-corrected chi connectivity index (χ4v) is 3.48. The lowest BCUT2D eigenvalue weighted by molar-refractivity contribution is -0.188. The third-order valence-electron chi connectivity index (χ3n) is 4.73. The summed E-state index contributed by atoms with van der Waals surface area (Å²) >= 11 is 0. The molecular weight excluding hydrogens is 288 g/mol. The summed E-state index contributed by atoms with van der Waals surface area (Å²) < 4.78 is 23.6. The van der Waals surface area contributed by atoms with Gasteiger partial charge in [0.1, 0.15) is 24.4 Å². The molecule has 2 rings (SSSR count). The summed E-state index contributed by atoms with van der Waals surface area (Å²) in [7, 11) is -1.85. The third-order valence-corrected chi connectivity index (χ3v) is 9.24. The van der Waals surface area contributed by atoms with Crippen molar-refractivity contribution in [2.45, 2.75) is 83.0 Å². The van der Waals surface area contributed by atoms with Gasteiger partial charge in [0.25, 0.3) is 0 Å². The maximum atomic E-state index is 11.2. The molecule has 0 N–H and O–H groups in total. The zero-order valence-corrected chi connectivity index (χ0v) is 15.1. The van der Waals surface area contributed by atoms with E-state index in [-0.39, 0.29) is 23.4 Å². The van der Waals surface area contributed by atoms with Crippen LogP contribution in [-0.2, 0) is 23.4 Å². The van der Waals surface area contributed by atoms with Gasteiger partial charge >= 0.3 is 0 Å². The molecule has 4 atom stereocenters. The highest BCUT2D eigenvalue weighted by Crippen LogP contribution is 2.40.